The number of rotatable bonds is 5. The average Bonchev–Trinajstić information content (AvgIpc) is 2.93. The lowest BCUT2D eigenvalue weighted by atomic mass is 9.87. The lowest BCUT2D eigenvalue weighted by molar-refractivity contribution is -0.159. The number of ether oxygens (including phenoxy) is 1. The van der Waals surface area contributed by atoms with Gasteiger partial charge in [-0.25, -0.2) is 9.59 Å². The van der Waals surface area contributed by atoms with E-state index in [0.29, 0.717) is 25.1 Å². The molecule has 2 atom stereocenters. The van der Waals surface area contributed by atoms with E-state index < -0.39 is 18.0 Å². The highest BCUT2D eigenvalue weighted by molar-refractivity contribution is 6.27. The number of aliphatic carboxylic acids is 2. The third kappa shape index (κ3) is 7.37. The molecule has 4 rings (SSSR count). The molecule has 0 unspecified atom stereocenters. The summed E-state index contributed by atoms with van der Waals surface area (Å²) in [4.78, 5) is 48.0. The number of benzene rings is 2. The van der Waals surface area contributed by atoms with Crippen LogP contribution in [0.1, 0.15) is 40.0 Å². The highest BCUT2D eigenvalue weighted by Gasteiger charge is 2.37. The topological polar surface area (TPSA) is 145 Å². The van der Waals surface area contributed by atoms with Crippen LogP contribution in [0.5, 0.6) is 5.75 Å². The van der Waals surface area contributed by atoms with E-state index in [4.69, 9.17) is 24.5 Å². The van der Waals surface area contributed by atoms with E-state index >= 15 is 0 Å². The zero-order valence-corrected chi connectivity index (χ0v) is 20.7. The molecule has 0 aromatic heterocycles. The molecule has 3 N–H and O–H groups in total. The Hall–Kier alpha value is -3.76. The van der Waals surface area contributed by atoms with E-state index in [9.17, 15) is 14.7 Å². The summed E-state index contributed by atoms with van der Waals surface area (Å²) in [6, 6.07) is 16.5. The number of aliphatic hydroxyl groups is 1. The molecular weight excluding hydrogens is 480 g/mol. The Balaban J connectivity index is 0.000000568. The Morgan fingerprint density at radius 2 is 1.41 bits per heavy atom. The SMILES string of the molecule is COc1ccc(C(=O)C2CCN([C@@H]3CN(C(=O)c4ccccc4)CC[C@H]3O)CC2)cc1.O=C(O)C(=O)O. The fourth-order valence-corrected chi connectivity index (χ4v) is 4.71. The van der Waals surface area contributed by atoms with Crippen molar-refractivity contribution in [2.45, 2.75) is 31.4 Å². The van der Waals surface area contributed by atoms with Crippen LogP contribution in [0.3, 0.4) is 0 Å². The molecule has 0 aliphatic carbocycles. The van der Waals surface area contributed by atoms with E-state index in [1.807, 2.05) is 59.5 Å². The number of hydrogen-bond acceptors (Lipinski definition) is 7. The molecule has 0 saturated carbocycles. The van der Waals surface area contributed by atoms with Crippen LogP contribution in [0.4, 0.5) is 0 Å². The van der Waals surface area contributed by atoms with Gasteiger partial charge in [0.15, 0.2) is 5.78 Å². The van der Waals surface area contributed by atoms with Crippen LogP contribution in [-0.4, -0.2) is 94.2 Å². The largest absolute Gasteiger partial charge is 0.497 e. The van der Waals surface area contributed by atoms with Crippen molar-refractivity contribution in [3.8, 4) is 5.75 Å². The maximum absolute atomic E-state index is 12.9. The summed E-state index contributed by atoms with van der Waals surface area (Å²) in [6.45, 7) is 2.59. The van der Waals surface area contributed by atoms with Crippen LogP contribution < -0.4 is 4.74 Å². The fraction of sp³-hybridized carbons (Fsp3) is 0.407. The van der Waals surface area contributed by atoms with Crippen LogP contribution in [0, 0.1) is 5.92 Å². The van der Waals surface area contributed by atoms with E-state index in [1.54, 1.807) is 7.11 Å². The predicted octanol–water partition coefficient (Wildman–Crippen LogP) is 2.02. The number of nitrogens with zero attached hydrogens (tertiary/aromatic N) is 2. The smallest absolute Gasteiger partial charge is 0.414 e. The van der Waals surface area contributed by atoms with Crippen molar-refractivity contribution >= 4 is 23.6 Å². The van der Waals surface area contributed by atoms with Crippen molar-refractivity contribution in [3.63, 3.8) is 0 Å². The second-order valence-electron chi connectivity index (χ2n) is 9.05. The van der Waals surface area contributed by atoms with Crippen LogP contribution in [0.15, 0.2) is 54.6 Å². The molecular formula is C27H32N2O8. The Morgan fingerprint density at radius 3 is 1.95 bits per heavy atom. The predicted molar refractivity (Wildman–Crippen MR) is 134 cm³/mol. The number of amides is 1. The van der Waals surface area contributed by atoms with Gasteiger partial charge in [-0.2, -0.15) is 0 Å². The first kappa shape index (κ1) is 27.8. The Kier molecular flexibility index (Phi) is 9.76. The minimum absolute atomic E-state index is 0.00701. The molecule has 198 valence electrons. The van der Waals surface area contributed by atoms with Gasteiger partial charge in [-0.05, 0) is 68.8 Å². The number of carbonyl (C=O) groups excluding carboxylic acids is 2. The molecule has 37 heavy (non-hydrogen) atoms. The first-order valence-corrected chi connectivity index (χ1v) is 12.1. The molecule has 2 saturated heterocycles. The average molecular weight is 513 g/mol. The van der Waals surface area contributed by atoms with Crippen molar-refractivity contribution in [2.24, 2.45) is 5.92 Å². The summed E-state index contributed by atoms with van der Waals surface area (Å²) in [6.07, 6.45) is 1.66. The normalized spacial score (nSPS) is 20.3. The minimum atomic E-state index is -1.82. The van der Waals surface area contributed by atoms with Crippen LogP contribution in [0.2, 0.25) is 0 Å². The summed E-state index contributed by atoms with van der Waals surface area (Å²) >= 11 is 0. The van der Waals surface area contributed by atoms with Crippen LogP contribution in [-0.2, 0) is 9.59 Å². The van der Waals surface area contributed by atoms with Gasteiger partial charge >= 0.3 is 11.9 Å². The van der Waals surface area contributed by atoms with Gasteiger partial charge in [0.2, 0.25) is 0 Å². The van der Waals surface area contributed by atoms with Crippen molar-refractivity contribution < 1.29 is 39.2 Å². The number of piperidine rings is 2. The van der Waals surface area contributed by atoms with Gasteiger partial charge in [-0.3, -0.25) is 14.5 Å². The molecule has 2 fully saturated rings. The summed E-state index contributed by atoms with van der Waals surface area (Å²) < 4.78 is 5.17. The van der Waals surface area contributed by atoms with E-state index in [0.717, 1.165) is 37.2 Å². The van der Waals surface area contributed by atoms with Gasteiger partial charge in [-0.1, -0.05) is 18.2 Å². The molecule has 2 aromatic rings. The molecule has 0 radical (unpaired) electrons. The summed E-state index contributed by atoms with van der Waals surface area (Å²) in [5, 5.41) is 25.4. The number of carbonyl (C=O) groups is 4. The molecule has 2 heterocycles. The second-order valence-corrected chi connectivity index (χ2v) is 9.05. The first-order chi connectivity index (χ1) is 17.7. The van der Waals surface area contributed by atoms with Gasteiger partial charge in [0, 0.05) is 30.1 Å². The van der Waals surface area contributed by atoms with Gasteiger partial charge in [-0.15, -0.1) is 0 Å². The number of carboxylic acids is 2. The molecule has 2 aliphatic heterocycles. The van der Waals surface area contributed by atoms with Gasteiger partial charge in [0.1, 0.15) is 5.75 Å². The maximum Gasteiger partial charge on any atom is 0.414 e. The highest BCUT2D eigenvalue weighted by atomic mass is 16.5. The zero-order chi connectivity index (χ0) is 26.9. The third-order valence-electron chi connectivity index (χ3n) is 6.78. The third-order valence-corrected chi connectivity index (χ3v) is 6.78. The Bertz CT molecular complexity index is 1070. The standard InChI is InChI=1S/C25H30N2O4.C2H2O4/c1-31-21-9-7-18(8-10-21)24(29)19-11-14-26(15-12-19)22-17-27(16-13-23(22)28)25(30)20-5-3-2-4-6-20;3-1(4)2(5)6/h2-10,19,22-23,28H,11-17H2,1H3;(H,3,4)(H,5,6)/t22-,23-;/m1./s1. The number of aliphatic hydroxyl groups excluding tert-OH is 1. The lowest BCUT2D eigenvalue weighted by Gasteiger charge is -2.44. The molecule has 2 aliphatic rings. The van der Waals surface area contributed by atoms with Crippen molar-refractivity contribution in [3.05, 3.63) is 65.7 Å². The monoisotopic (exact) mass is 512 g/mol. The quantitative estimate of drug-likeness (QED) is 0.405. The van der Waals surface area contributed by atoms with Gasteiger partial charge in [0.05, 0.1) is 19.3 Å². The summed E-state index contributed by atoms with van der Waals surface area (Å²) in [5.74, 6) is -2.72. The number of methoxy groups -OCH3 is 1. The van der Waals surface area contributed by atoms with E-state index in [1.165, 1.54) is 0 Å². The molecule has 0 spiro atoms. The van der Waals surface area contributed by atoms with Crippen LogP contribution in [0.25, 0.3) is 0 Å². The molecule has 0 bridgehead atoms. The second kappa shape index (κ2) is 13.0. The lowest BCUT2D eigenvalue weighted by Crippen LogP contribution is -2.58. The van der Waals surface area contributed by atoms with Crippen molar-refractivity contribution in [2.75, 3.05) is 33.3 Å². The summed E-state index contributed by atoms with van der Waals surface area (Å²) in [7, 11) is 1.61. The van der Waals surface area contributed by atoms with Gasteiger partial charge < -0.3 is 25.0 Å². The fourth-order valence-electron chi connectivity index (χ4n) is 4.71. The summed E-state index contributed by atoms with van der Waals surface area (Å²) in [5.41, 5.74) is 1.40. The molecule has 1 amide bonds. The number of likely N-dealkylation sites (tertiary alicyclic amines) is 2. The number of carboxylic acid groups (broad SMARTS) is 2. The van der Waals surface area contributed by atoms with E-state index in [-0.39, 0.29) is 23.7 Å². The van der Waals surface area contributed by atoms with E-state index in [2.05, 4.69) is 4.90 Å². The molecule has 10 heteroatoms. The van der Waals surface area contributed by atoms with Gasteiger partial charge in [0.25, 0.3) is 5.91 Å². The molecule has 2 aromatic carbocycles. The first-order valence-electron chi connectivity index (χ1n) is 12.1. The Labute approximate surface area is 215 Å². The number of ketones is 1. The maximum atomic E-state index is 12.9. The minimum Gasteiger partial charge on any atom is -0.497 e. The Morgan fingerprint density at radius 1 is 0.811 bits per heavy atom. The molecule has 10 nitrogen and oxygen atoms in total. The number of hydrogen-bond donors (Lipinski definition) is 3. The van der Waals surface area contributed by atoms with Crippen molar-refractivity contribution in [1.82, 2.24) is 9.80 Å². The van der Waals surface area contributed by atoms with Crippen molar-refractivity contribution in [1.29, 1.82) is 0 Å². The zero-order valence-electron chi connectivity index (χ0n) is 20.7. The van der Waals surface area contributed by atoms with Crippen LogP contribution >= 0.6 is 0 Å². The number of Topliss-reactive ketones (excluding diaryl/α,β-unsaturated/α-hetero) is 1. The highest BCUT2D eigenvalue weighted by Crippen LogP contribution is 2.27.